The Hall–Kier alpha value is -0.0400. The second-order valence-corrected chi connectivity index (χ2v) is 3.30. The van der Waals surface area contributed by atoms with E-state index in [0.717, 1.165) is 12.0 Å². The zero-order valence-electron chi connectivity index (χ0n) is 6.48. The van der Waals surface area contributed by atoms with Crippen LogP contribution in [-0.4, -0.2) is 12.6 Å². The lowest BCUT2D eigenvalue weighted by atomic mass is 9.95. The highest BCUT2D eigenvalue weighted by Gasteiger charge is 2.14. The standard InChI is InChI=1S/C8H17N.H2/c1-7(2)8-5-3-4-6-9-8;/h7-9H,3-6H2,1-2H3;1H. The lowest BCUT2D eigenvalue weighted by Gasteiger charge is -2.26. The van der Waals surface area contributed by atoms with Crippen molar-refractivity contribution in [2.75, 3.05) is 6.54 Å². The van der Waals surface area contributed by atoms with Gasteiger partial charge in [-0.1, -0.05) is 20.3 Å². The van der Waals surface area contributed by atoms with Gasteiger partial charge >= 0.3 is 0 Å². The first kappa shape index (κ1) is 7.07. The molecule has 1 nitrogen and oxygen atoms in total. The van der Waals surface area contributed by atoms with Crippen LogP contribution in [0.5, 0.6) is 0 Å². The molecule has 0 aliphatic carbocycles. The molecule has 1 saturated heterocycles. The average molecular weight is 129 g/mol. The van der Waals surface area contributed by atoms with Crippen molar-refractivity contribution in [3.05, 3.63) is 0 Å². The Kier molecular flexibility index (Phi) is 2.52. The molecule has 0 aromatic carbocycles. The summed E-state index contributed by atoms with van der Waals surface area (Å²) in [6, 6.07) is 0.804. The summed E-state index contributed by atoms with van der Waals surface area (Å²) >= 11 is 0. The molecule has 1 aliphatic rings. The van der Waals surface area contributed by atoms with Crippen molar-refractivity contribution >= 4 is 0 Å². The summed E-state index contributed by atoms with van der Waals surface area (Å²) < 4.78 is 0. The summed E-state index contributed by atoms with van der Waals surface area (Å²) in [7, 11) is 0. The van der Waals surface area contributed by atoms with Gasteiger partial charge in [0.15, 0.2) is 0 Å². The Morgan fingerprint density at radius 3 is 2.56 bits per heavy atom. The van der Waals surface area contributed by atoms with Gasteiger partial charge in [-0.05, 0) is 25.3 Å². The van der Waals surface area contributed by atoms with Crippen molar-refractivity contribution < 1.29 is 1.43 Å². The van der Waals surface area contributed by atoms with E-state index >= 15 is 0 Å². The quantitative estimate of drug-likeness (QED) is 0.571. The number of nitrogens with one attached hydrogen (secondary N) is 1. The van der Waals surface area contributed by atoms with Gasteiger partial charge in [-0.15, -0.1) is 0 Å². The Labute approximate surface area is 59.3 Å². The van der Waals surface area contributed by atoms with Gasteiger partial charge in [0.2, 0.25) is 0 Å². The van der Waals surface area contributed by atoms with Crippen LogP contribution in [0, 0.1) is 5.92 Å². The lowest BCUT2D eigenvalue weighted by Crippen LogP contribution is -2.37. The van der Waals surface area contributed by atoms with E-state index < -0.39 is 0 Å². The Morgan fingerprint density at radius 1 is 1.44 bits per heavy atom. The maximum atomic E-state index is 3.52. The molecule has 0 bridgehead atoms. The molecule has 0 aromatic rings. The fraction of sp³-hybridized carbons (Fsp3) is 1.00. The maximum absolute atomic E-state index is 3.52. The molecule has 1 heteroatoms. The molecule has 0 spiro atoms. The van der Waals surface area contributed by atoms with Crippen LogP contribution in [0.3, 0.4) is 0 Å². The number of rotatable bonds is 1. The normalized spacial score (nSPS) is 29.0. The molecule has 56 valence electrons. The smallest absolute Gasteiger partial charge is 0.00900 e. The second kappa shape index (κ2) is 3.21. The van der Waals surface area contributed by atoms with Crippen LogP contribution in [0.4, 0.5) is 0 Å². The van der Waals surface area contributed by atoms with Gasteiger partial charge in [-0.3, -0.25) is 0 Å². The van der Waals surface area contributed by atoms with E-state index in [2.05, 4.69) is 19.2 Å². The third-order valence-electron chi connectivity index (χ3n) is 2.15. The molecule has 1 N–H and O–H groups in total. The topological polar surface area (TPSA) is 12.0 Å². The summed E-state index contributed by atoms with van der Waals surface area (Å²) in [5.41, 5.74) is 0. The first-order valence-electron chi connectivity index (χ1n) is 4.04. The molecule has 1 heterocycles. The lowest BCUT2D eigenvalue weighted by molar-refractivity contribution is 0.326. The highest BCUT2D eigenvalue weighted by molar-refractivity contribution is 4.74. The van der Waals surface area contributed by atoms with E-state index in [0.29, 0.717) is 0 Å². The van der Waals surface area contributed by atoms with Crippen LogP contribution in [0.25, 0.3) is 0 Å². The van der Waals surface area contributed by atoms with Crippen LogP contribution in [0.2, 0.25) is 0 Å². The number of piperidine rings is 1. The summed E-state index contributed by atoms with van der Waals surface area (Å²) in [6.07, 6.45) is 4.19. The monoisotopic (exact) mass is 129 g/mol. The van der Waals surface area contributed by atoms with Gasteiger partial charge in [-0.25, -0.2) is 0 Å². The third-order valence-corrected chi connectivity index (χ3v) is 2.15. The molecule has 9 heavy (non-hydrogen) atoms. The van der Waals surface area contributed by atoms with Gasteiger partial charge in [0.25, 0.3) is 0 Å². The van der Waals surface area contributed by atoms with Gasteiger partial charge < -0.3 is 5.32 Å². The van der Waals surface area contributed by atoms with Crippen molar-refractivity contribution in [3.8, 4) is 0 Å². The fourth-order valence-electron chi connectivity index (χ4n) is 1.45. The summed E-state index contributed by atoms with van der Waals surface area (Å²) in [5.74, 6) is 0.824. The maximum Gasteiger partial charge on any atom is 0.00900 e. The molecule has 1 fully saturated rings. The van der Waals surface area contributed by atoms with Crippen LogP contribution in [0.1, 0.15) is 34.5 Å². The van der Waals surface area contributed by atoms with Gasteiger partial charge in [0.1, 0.15) is 0 Å². The third kappa shape index (κ3) is 1.98. The molecule has 0 amide bonds. The van der Waals surface area contributed by atoms with E-state index in [-0.39, 0.29) is 1.43 Å². The molecule has 0 saturated carbocycles. The van der Waals surface area contributed by atoms with Crippen molar-refractivity contribution in [2.24, 2.45) is 5.92 Å². The zero-order chi connectivity index (χ0) is 6.69. The Bertz CT molecular complexity index is 77.3. The van der Waals surface area contributed by atoms with Crippen molar-refractivity contribution in [2.45, 2.75) is 39.2 Å². The Balaban J connectivity index is 0.000000810. The molecule has 1 unspecified atom stereocenters. The predicted molar refractivity (Wildman–Crippen MR) is 42.6 cm³/mol. The van der Waals surface area contributed by atoms with Gasteiger partial charge in [-0.2, -0.15) is 0 Å². The van der Waals surface area contributed by atoms with Crippen LogP contribution in [0.15, 0.2) is 0 Å². The summed E-state index contributed by atoms with van der Waals surface area (Å²) in [5, 5.41) is 3.52. The van der Waals surface area contributed by atoms with E-state index in [1.165, 1.54) is 25.8 Å². The molecular weight excluding hydrogens is 110 g/mol. The SMILES string of the molecule is CC(C)C1CCCCN1.[HH]. The van der Waals surface area contributed by atoms with E-state index in [9.17, 15) is 0 Å². The summed E-state index contributed by atoms with van der Waals surface area (Å²) in [4.78, 5) is 0. The van der Waals surface area contributed by atoms with E-state index in [1.54, 1.807) is 0 Å². The van der Waals surface area contributed by atoms with Crippen LogP contribution < -0.4 is 5.32 Å². The molecular formula is C8H19N. The van der Waals surface area contributed by atoms with E-state index in [4.69, 9.17) is 0 Å². The highest BCUT2D eigenvalue weighted by Crippen LogP contribution is 2.13. The van der Waals surface area contributed by atoms with Crippen LogP contribution in [-0.2, 0) is 0 Å². The molecule has 1 aliphatic heterocycles. The minimum Gasteiger partial charge on any atom is -0.314 e. The van der Waals surface area contributed by atoms with Crippen molar-refractivity contribution in [1.29, 1.82) is 0 Å². The largest absolute Gasteiger partial charge is 0.314 e. The van der Waals surface area contributed by atoms with Gasteiger partial charge in [0.05, 0.1) is 0 Å². The minimum absolute atomic E-state index is 0. The molecule has 1 rings (SSSR count). The first-order valence-corrected chi connectivity index (χ1v) is 4.04. The molecule has 0 radical (unpaired) electrons. The molecule has 0 aromatic heterocycles. The second-order valence-electron chi connectivity index (χ2n) is 3.30. The molecule has 1 atom stereocenters. The predicted octanol–water partition coefficient (Wildman–Crippen LogP) is 2.03. The first-order chi connectivity index (χ1) is 4.30. The van der Waals surface area contributed by atoms with Crippen molar-refractivity contribution in [1.82, 2.24) is 5.32 Å². The van der Waals surface area contributed by atoms with E-state index in [1.807, 2.05) is 0 Å². The highest BCUT2D eigenvalue weighted by atomic mass is 14.9. The average Bonchev–Trinajstić information content (AvgIpc) is 1.90. The minimum atomic E-state index is 0. The van der Waals surface area contributed by atoms with Crippen molar-refractivity contribution in [3.63, 3.8) is 0 Å². The Morgan fingerprint density at radius 2 is 2.22 bits per heavy atom. The zero-order valence-corrected chi connectivity index (χ0v) is 6.48. The number of hydrogen-bond acceptors (Lipinski definition) is 1. The fourth-order valence-corrected chi connectivity index (χ4v) is 1.45. The number of hydrogen-bond donors (Lipinski definition) is 1. The van der Waals surface area contributed by atoms with Crippen LogP contribution >= 0.6 is 0 Å². The van der Waals surface area contributed by atoms with Gasteiger partial charge in [0, 0.05) is 7.47 Å². The summed E-state index contributed by atoms with van der Waals surface area (Å²) in [6.45, 7) is 5.83.